The molecule has 0 atom stereocenters. The molecule has 0 unspecified atom stereocenters. The molecule has 2 N–H and O–H groups in total. The summed E-state index contributed by atoms with van der Waals surface area (Å²) < 4.78 is 1.90. The van der Waals surface area contributed by atoms with E-state index in [0.717, 1.165) is 10.7 Å². The molecular formula is C9H10N4S2. The Bertz CT molecular complexity index is 486. The van der Waals surface area contributed by atoms with Gasteiger partial charge in [-0.15, -0.1) is 11.3 Å². The van der Waals surface area contributed by atoms with E-state index in [0.29, 0.717) is 17.4 Å². The molecule has 0 aliphatic rings. The number of aromatic nitrogens is 3. The van der Waals surface area contributed by atoms with E-state index in [2.05, 4.69) is 9.97 Å². The van der Waals surface area contributed by atoms with Crippen molar-refractivity contribution in [1.82, 2.24) is 14.5 Å². The lowest BCUT2D eigenvalue weighted by molar-refractivity contribution is 0.779. The summed E-state index contributed by atoms with van der Waals surface area (Å²) >= 11 is 6.53. The predicted molar refractivity (Wildman–Crippen MR) is 64.1 cm³/mol. The minimum Gasteiger partial charge on any atom is -0.387 e. The summed E-state index contributed by atoms with van der Waals surface area (Å²) in [4.78, 5) is 8.78. The third-order valence-electron chi connectivity index (χ3n) is 1.91. The fourth-order valence-corrected chi connectivity index (χ4v) is 2.22. The second-order valence-electron chi connectivity index (χ2n) is 3.13. The Balaban J connectivity index is 2.24. The lowest BCUT2D eigenvalue weighted by atomic mass is 10.5. The zero-order valence-corrected chi connectivity index (χ0v) is 9.81. The largest absolute Gasteiger partial charge is 0.387 e. The van der Waals surface area contributed by atoms with Gasteiger partial charge in [0.15, 0.2) is 5.82 Å². The Kier molecular flexibility index (Phi) is 2.79. The molecule has 2 rings (SSSR count). The molecule has 0 aliphatic heterocycles. The summed E-state index contributed by atoms with van der Waals surface area (Å²) in [7, 11) is 0. The molecule has 0 saturated carbocycles. The van der Waals surface area contributed by atoms with Gasteiger partial charge in [-0.05, 0) is 6.92 Å². The van der Waals surface area contributed by atoms with E-state index in [9.17, 15) is 0 Å². The van der Waals surface area contributed by atoms with Crippen LogP contribution in [0.2, 0.25) is 0 Å². The number of aryl methyl sites for hydroxylation is 1. The number of hydrogen-bond acceptors (Lipinski definition) is 4. The summed E-state index contributed by atoms with van der Waals surface area (Å²) in [6, 6.07) is 0. The number of rotatable bonds is 3. The molecular weight excluding hydrogens is 228 g/mol. The summed E-state index contributed by atoms with van der Waals surface area (Å²) in [5, 5.41) is 3.05. The average Bonchev–Trinajstić information content (AvgIpc) is 2.75. The second-order valence-corrected chi connectivity index (χ2v) is 4.51. The first-order chi connectivity index (χ1) is 7.16. The van der Waals surface area contributed by atoms with Crippen LogP contribution in [-0.2, 0) is 6.54 Å². The number of nitrogens with zero attached hydrogens (tertiary/aromatic N) is 3. The van der Waals surface area contributed by atoms with Crippen LogP contribution in [0.25, 0.3) is 0 Å². The van der Waals surface area contributed by atoms with Gasteiger partial charge in [0.05, 0.1) is 6.54 Å². The van der Waals surface area contributed by atoms with E-state index >= 15 is 0 Å². The molecule has 0 bridgehead atoms. The normalized spacial score (nSPS) is 10.5. The highest BCUT2D eigenvalue weighted by Gasteiger charge is 2.07. The van der Waals surface area contributed by atoms with Gasteiger partial charge in [0.1, 0.15) is 10.00 Å². The number of thiazole rings is 1. The first-order valence-corrected chi connectivity index (χ1v) is 5.67. The quantitative estimate of drug-likeness (QED) is 0.820. The van der Waals surface area contributed by atoms with Crippen LogP contribution in [0.15, 0.2) is 17.8 Å². The highest BCUT2D eigenvalue weighted by atomic mass is 32.1. The molecule has 0 aromatic carbocycles. The number of nitrogens with two attached hydrogens (primary N) is 1. The predicted octanol–water partition coefficient (Wildman–Crippen LogP) is 1.33. The van der Waals surface area contributed by atoms with Crippen LogP contribution < -0.4 is 5.73 Å². The maximum Gasteiger partial charge on any atom is 0.167 e. The third kappa shape index (κ3) is 2.21. The van der Waals surface area contributed by atoms with Gasteiger partial charge in [-0.1, -0.05) is 12.2 Å². The molecule has 0 aliphatic carbocycles. The standard InChI is InChI=1S/C9H10N4S2/c1-6-5-15-7(12-6)4-13-3-2-11-9(13)8(10)14/h2-3,5H,4H2,1H3,(H2,10,14). The van der Waals surface area contributed by atoms with Gasteiger partial charge >= 0.3 is 0 Å². The average molecular weight is 238 g/mol. The zero-order valence-electron chi connectivity index (χ0n) is 8.17. The van der Waals surface area contributed by atoms with Crippen molar-refractivity contribution in [2.24, 2.45) is 5.73 Å². The molecule has 0 spiro atoms. The molecule has 2 aromatic heterocycles. The van der Waals surface area contributed by atoms with Crippen LogP contribution in [0.3, 0.4) is 0 Å². The van der Waals surface area contributed by atoms with Gasteiger partial charge in [-0.3, -0.25) is 0 Å². The van der Waals surface area contributed by atoms with Crippen molar-refractivity contribution in [2.75, 3.05) is 0 Å². The number of thiocarbonyl (C=S) groups is 1. The minimum atomic E-state index is 0.313. The van der Waals surface area contributed by atoms with Crippen molar-refractivity contribution in [3.63, 3.8) is 0 Å². The fraction of sp³-hybridized carbons (Fsp3) is 0.222. The Morgan fingerprint density at radius 2 is 2.47 bits per heavy atom. The van der Waals surface area contributed by atoms with Crippen molar-refractivity contribution < 1.29 is 0 Å². The molecule has 2 aromatic rings. The van der Waals surface area contributed by atoms with Crippen LogP contribution in [0.4, 0.5) is 0 Å². The highest BCUT2D eigenvalue weighted by molar-refractivity contribution is 7.80. The van der Waals surface area contributed by atoms with Crippen LogP contribution in [0.1, 0.15) is 16.5 Å². The van der Waals surface area contributed by atoms with E-state index in [4.69, 9.17) is 18.0 Å². The van der Waals surface area contributed by atoms with E-state index in [-0.39, 0.29) is 0 Å². The maximum atomic E-state index is 5.55. The number of hydrogen-bond donors (Lipinski definition) is 1. The fourth-order valence-electron chi connectivity index (χ4n) is 1.28. The smallest absolute Gasteiger partial charge is 0.167 e. The monoisotopic (exact) mass is 238 g/mol. The van der Waals surface area contributed by atoms with E-state index < -0.39 is 0 Å². The van der Waals surface area contributed by atoms with Gasteiger partial charge in [-0.25, -0.2) is 9.97 Å². The van der Waals surface area contributed by atoms with Gasteiger partial charge in [0, 0.05) is 23.5 Å². The maximum absolute atomic E-state index is 5.55. The topological polar surface area (TPSA) is 56.7 Å². The lowest BCUT2D eigenvalue weighted by Gasteiger charge is -2.03. The lowest BCUT2D eigenvalue weighted by Crippen LogP contribution is -2.17. The third-order valence-corrected chi connectivity index (χ3v) is 3.04. The Labute approximate surface area is 96.8 Å². The molecule has 4 nitrogen and oxygen atoms in total. The van der Waals surface area contributed by atoms with Crippen LogP contribution in [-0.4, -0.2) is 19.5 Å². The molecule has 6 heteroatoms. The van der Waals surface area contributed by atoms with Crippen molar-refractivity contribution in [1.29, 1.82) is 0 Å². The first-order valence-electron chi connectivity index (χ1n) is 4.39. The van der Waals surface area contributed by atoms with Crippen molar-refractivity contribution in [2.45, 2.75) is 13.5 Å². The Hall–Kier alpha value is -1.27. The second kappa shape index (κ2) is 4.08. The van der Waals surface area contributed by atoms with Crippen molar-refractivity contribution >= 4 is 28.5 Å². The molecule has 0 saturated heterocycles. The highest BCUT2D eigenvalue weighted by Crippen LogP contribution is 2.11. The van der Waals surface area contributed by atoms with Crippen LogP contribution in [0.5, 0.6) is 0 Å². The molecule has 0 radical (unpaired) electrons. The van der Waals surface area contributed by atoms with Crippen LogP contribution in [0, 0.1) is 6.92 Å². The van der Waals surface area contributed by atoms with Crippen molar-refractivity contribution in [3.05, 3.63) is 34.3 Å². The Morgan fingerprint density at radius 1 is 1.67 bits per heavy atom. The van der Waals surface area contributed by atoms with E-state index in [1.165, 1.54) is 0 Å². The summed E-state index contributed by atoms with van der Waals surface area (Å²) in [6.07, 6.45) is 3.54. The van der Waals surface area contributed by atoms with Crippen molar-refractivity contribution in [3.8, 4) is 0 Å². The summed E-state index contributed by atoms with van der Waals surface area (Å²) in [5.74, 6) is 0.637. The minimum absolute atomic E-state index is 0.313. The van der Waals surface area contributed by atoms with E-state index in [1.54, 1.807) is 17.5 Å². The van der Waals surface area contributed by atoms with Gasteiger partial charge in [0.2, 0.25) is 0 Å². The van der Waals surface area contributed by atoms with Crippen LogP contribution >= 0.6 is 23.6 Å². The summed E-state index contributed by atoms with van der Waals surface area (Å²) in [5.41, 5.74) is 6.58. The molecule has 2 heterocycles. The zero-order chi connectivity index (χ0) is 10.8. The molecule has 78 valence electrons. The summed E-state index contributed by atoms with van der Waals surface area (Å²) in [6.45, 7) is 2.65. The molecule has 15 heavy (non-hydrogen) atoms. The Morgan fingerprint density at radius 3 is 3.07 bits per heavy atom. The molecule has 0 fully saturated rings. The van der Waals surface area contributed by atoms with E-state index in [1.807, 2.05) is 23.1 Å². The number of imidazole rings is 1. The molecule has 0 amide bonds. The first kappa shape index (κ1) is 10.3. The van der Waals surface area contributed by atoms with Gasteiger partial charge in [0.25, 0.3) is 0 Å². The SMILES string of the molecule is Cc1csc(Cn2ccnc2C(N)=S)n1. The van der Waals surface area contributed by atoms with Gasteiger partial charge in [-0.2, -0.15) is 0 Å². The van der Waals surface area contributed by atoms with Gasteiger partial charge < -0.3 is 10.3 Å².